The standard InChI is InChI=1S/C29H28N4O5/c1-19-15-24(18-30-31-29(34)17-21-5-14-27(37-3)28(16-21)38-4)20(2)32(19)25-10-6-22(7-11-25)23-8-12-26(13-9-23)33(35)36/h5-16,18H,17H2,1-4H3,(H,31,34)/b30-18+. The summed E-state index contributed by atoms with van der Waals surface area (Å²) in [6.45, 7) is 3.99. The van der Waals surface area contributed by atoms with Crippen LogP contribution in [0.1, 0.15) is 22.5 Å². The minimum Gasteiger partial charge on any atom is -0.493 e. The predicted molar refractivity (Wildman–Crippen MR) is 146 cm³/mol. The summed E-state index contributed by atoms with van der Waals surface area (Å²) in [5.41, 5.74) is 9.15. The number of nitrogens with zero attached hydrogens (tertiary/aromatic N) is 3. The number of aromatic nitrogens is 1. The number of aryl methyl sites for hydroxylation is 1. The fourth-order valence-electron chi connectivity index (χ4n) is 4.28. The van der Waals surface area contributed by atoms with Gasteiger partial charge in [0, 0.05) is 34.8 Å². The molecule has 0 atom stereocenters. The Morgan fingerprint density at radius 2 is 1.58 bits per heavy atom. The van der Waals surface area contributed by atoms with Gasteiger partial charge < -0.3 is 14.0 Å². The summed E-state index contributed by atoms with van der Waals surface area (Å²) in [5, 5.41) is 15.1. The molecule has 3 aromatic carbocycles. The van der Waals surface area contributed by atoms with E-state index in [2.05, 4.69) is 15.1 Å². The lowest BCUT2D eigenvalue weighted by Crippen LogP contribution is -2.19. The van der Waals surface area contributed by atoms with Gasteiger partial charge in [0.2, 0.25) is 5.91 Å². The smallest absolute Gasteiger partial charge is 0.269 e. The number of nitro benzene ring substituents is 1. The number of ether oxygens (including phenoxy) is 2. The zero-order valence-corrected chi connectivity index (χ0v) is 21.6. The number of methoxy groups -OCH3 is 2. The molecule has 9 nitrogen and oxygen atoms in total. The first-order valence-corrected chi connectivity index (χ1v) is 11.9. The van der Waals surface area contributed by atoms with E-state index in [1.807, 2.05) is 50.2 Å². The molecule has 0 bridgehead atoms. The zero-order valence-electron chi connectivity index (χ0n) is 21.6. The number of carbonyl (C=O) groups is 1. The highest BCUT2D eigenvalue weighted by Gasteiger charge is 2.12. The maximum atomic E-state index is 12.4. The molecule has 0 saturated heterocycles. The van der Waals surface area contributed by atoms with Gasteiger partial charge in [-0.3, -0.25) is 14.9 Å². The van der Waals surface area contributed by atoms with E-state index in [1.165, 1.54) is 12.1 Å². The van der Waals surface area contributed by atoms with E-state index in [-0.39, 0.29) is 18.0 Å². The summed E-state index contributed by atoms with van der Waals surface area (Å²) in [5.74, 6) is 0.921. The van der Waals surface area contributed by atoms with Crippen LogP contribution in [-0.2, 0) is 11.2 Å². The minimum absolute atomic E-state index is 0.0651. The third kappa shape index (κ3) is 5.73. The van der Waals surface area contributed by atoms with Crippen molar-refractivity contribution in [3.8, 4) is 28.3 Å². The van der Waals surface area contributed by atoms with Gasteiger partial charge in [0.15, 0.2) is 11.5 Å². The van der Waals surface area contributed by atoms with Crippen molar-refractivity contribution in [1.29, 1.82) is 0 Å². The molecule has 1 heterocycles. The highest BCUT2D eigenvalue weighted by atomic mass is 16.6. The van der Waals surface area contributed by atoms with E-state index in [1.54, 1.807) is 44.7 Å². The SMILES string of the molecule is COc1ccc(CC(=O)N/N=C/c2cc(C)n(-c3ccc(-c4ccc([N+](=O)[O-])cc4)cc3)c2C)cc1OC. The van der Waals surface area contributed by atoms with Gasteiger partial charge in [0.05, 0.1) is 31.8 Å². The second-order valence-corrected chi connectivity index (χ2v) is 8.67. The van der Waals surface area contributed by atoms with Crippen LogP contribution in [0.2, 0.25) is 0 Å². The fraction of sp³-hybridized carbons (Fsp3) is 0.172. The number of non-ortho nitro benzene ring substituents is 1. The largest absolute Gasteiger partial charge is 0.493 e. The zero-order chi connectivity index (χ0) is 27.2. The van der Waals surface area contributed by atoms with Gasteiger partial charge in [-0.25, -0.2) is 5.43 Å². The van der Waals surface area contributed by atoms with Crippen LogP contribution in [0.25, 0.3) is 16.8 Å². The van der Waals surface area contributed by atoms with Gasteiger partial charge in [-0.05, 0) is 73.0 Å². The Hall–Kier alpha value is -4.92. The predicted octanol–water partition coefficient (Wildman–Crippen LogP) is 5.38. The van der Waals surface area contributed by atoms with Gasteiger partial charge >= 0.3 is 0 Å². The van der Waals surface area contributed by atoms with E-state index < -0.39 is 4.92 Å². The molecule has 9 heteroatoms. The van der Waals surface area contributed by atoms with Crippen molar-refractivity contribution in [2.75, 3.05) is 14.2 Å². The second-order valence-electron chi connectivity index (χ2n) is 8.67. The molecule has 0 fully saturated rings. The van der Waals surface area contributed by atoms with Crippen LogP contribution in [0, 0.1) is 24.0 Å². The number of nitro groups is 1. The van der Waals surface area contributed by atoms with Crippen LogP contribution in [0.3, 0.4) is 0 Å². The normalized spacial score (nSPS) is 10.9. The number of hydrazone groups is 1. The molecule has 1 N–H and O–H groups in total. The molecule has 4 aromatic rings. The molecular weight excluding hydrogens is 484 g/mol. The van der Waals surface area contributed by atoms with Crippen LogP contribution in [0.4, 0.5) is 5.69 Å². The number of hydrogen-bond donors (Lipinski definition) is 1. The average Bonchev–Trinajstić information content (AvgIpc) is 3.21. The Bertz CT molecular complexity index is 1490. The van der Waals surface area contributed by atoms with E-state index in [0.717, 1.165) is 39.3 Å². The van der Waals surface area contributed by atoms with E-state index in [4.69, 9.17) is 9.47 Å². The van der Waals surface area contributed by atoms with Crippen molar-refractivity contribution in [2.24, 2.45) is 5.10 Å². The Morgan fingerprint density at radius 3 is 2.18 bits per heavy atom. The van der Waals surface area contributed by atoms with Crippen molar-refractivity contribution < 1.29 is 19.2 Å². The average molecular weight is 513 g/mol. The van der Waals surface area contributed by atoms with Crippen molar-refractivity contribution in [3.63, 3.8) is 0 Å². The molecule has 4 rings (SSSR count). The Kier molecular flexibility index (Phi) is 7.86. The molecule has 0 aliphatic carbocycles. The van der Waals surface area contributed by atoms with Gasteiger partial charge in [-0.1, -0.05) is 18.2 Å². The highest BCUT2D eigenvalue weighted by Crippen LogP contribution is 2.28. The number of carbonyl (C=O) groups excluding carboxylic acids is 1. The molecule has 0 saturated carbocycles. The number of nitrogens with one attached hydrogen (secondary N) is 1. The molecule has 194 valence electrons. The molecule has 0 aliphatic rings. The van der Waals surface area contributed by atoms with Crippen LogP contribution in [-0.4, -0.2) is 35.8 Å². The maximum Gasteiger partial charge on any atom is 0.269 e. The van der Waals surface area contributed by atoms with Crippen LogP contribution in [0.15, 0.2) is 77.9 Å². The molecular formula is C29H28N4O5. The first-order valence-electron chi connectivity index (χ1n) is 11.9. The molecule has 0 unspecified atom stereocenters. The Morgan fingerprint density at radius 1 is 0.947 bits per heavy atom. The highest BCUT2D eigenvalue weighted by molar-refractivity contribution is 5.85. The van der Waals surface area contributed by atoms with Crippen molar-refractivity contribution in [2.45, 2.75) is 20.3 Å². The summed E-state index contributed by atoms with van der Waals surface area (Å²) in [7, 11) is 3.11. The first kappa shape index (κ1) is 26.2. The summed E-state index contributed by atoms with van der Waals surface area (Å²) >= 11 is 0. The van der Waals surface area contributed by atoms with Gasteiger partial charge in [0.1, 0.15) is 0 Å². The molecule has 1 amide bonds. The molecule has 0 radical (unpaired) electrons. The number of amides is 1. The Labute approximate surface area is 220 Å². The quantitative estimate of drug-likeness (QED) is 0.184. The third-order valence-electron chi connectivity index (χ3n) is 6.21. The van der Waals surface area contributed by atoms with Gasteiger partial charge in [-0.15, -0.1) is 0 Å². The van der Waals surface area contributed by atoms with Crippen molar-refractivity contribution in [1.82, 2.24) is 9.99 Å². The molecule has 38 heavy (non-hydrogen) atoms. The second kappa shape index (κ2) is 11.4. The maximum absolute atomic E-state index is 12.4. The van der Waals surface area contributed by atoms with Gasteiger partial charge in [-0.2, -0.15) is 5.10 Å². The fourth-order valence-corrected chi connectivity index (χ4v) is 4.28. The summed E-state index contributed by atoms with van der Waals surface area (Å²) in [6.07, 6.45) is 1.79. The lowest BCUT2D eigenvalue weighted by atomic mass is 10.0. The Balaban J connectivity index is 1.43. The molecule has 1 aromatic heterocycles. The van der Waals surface area contributed by atoms with Crippen LogP contribution >= 0.6 is 0 Å². The molecule has 0 spiro atoms. The van der Waals surface area contributed by atoms with E-state index in [9.17, 15) is 14.9 Å². The van der Waals surface area contributed by atoms with E-state index >= 15 is 0 Å². The van der Waals surface area contributed by atoms with Crippen LogP contribution in [0.5, 0.6) is 11.5 Å². The summed E-state index contributed by atoms with van der Waals surface area (Å²) in [4.78, 5) is 22.9. The number of hydrogen-bond acceptors (Lipinski definition) is 6. The van der Waals surface area contributed by atoms with Crippen LogP contribution < -0.4 is 14.9 Å². The lowest BCUT2D eigenvalue weighted by Gasteiger charge is -2.11. The number of benzene rings is 3. The minimum atomic E-state index is -0.408. The third-order valence-corrected chi connectivity index (χ3v) is 6.21. The summed E-state index contributed by atoms with van der Waals surface area (Å²) < 4.78 is 12.6. The monoisotopic (exact) mass is 512 g/mol. The van der Waals surface area contributed by atoms with E-state index in [0.29, 0.717) is 11.5 Å². The first-order chi connectivity index (χ1) is 18.3. The van der Waals surface area contributed by atoms with Crippen molar-refractivity contribution in [3.05, 3.63) is 105 Å². The lowest BCUT2D eigenvalue weighted by molar-refractivity contribution is -0.384. The molecule has 0 aliphatic heterocycles. The topological polar surface area (TPSA) is 108 Å². The van der Waals surface area contributed by atoms with Crippen molar-refractivity contribution >= 4 is 17.8 Å². The summed E-state index contributed by atoms with van der Waals surface area (Å²) in [6, 6.07) is 21.8. The number of rotatable bonds is 9. The van der Waals surface area contributed by atoms with Gasteiger partial charge in [0.25, 0.3) is 5.69 Å².